The number of piperazine rings is 1. The van der Waals surface area contributed by atoms with Crippen molar-refractivity contribution in [3.05, 3.63) is 24.3 Å². The lowest BCUT2D eigenvalue weighted by Gasteiger charge is -2.33. The molecule has 1 aliphatic heterocycles. The molecule has 4 nitrogen and oxygen atoms in total. The van der Waals surface area contributed by atoms with Crippen LogP contribution >= 0.6 is 0 Å². The summed E-state index contributed by atoms with van der Waals surface area (Å²) >= 11 is 0. The Labute approximate surface area is 114 Å². The Morgan fingerprint density at radius 2 is 1.95 bits per heavy atom. The number of aromatic nitrogens is 1. The maximum atomic E-state index is 5.82. The van der Waals surface area contributed by atoms with Crippen LogP contribution in [0.15, 0.2) is 28.7 Å². The molecular formula is C15H21N3O. The molecule has 0 N–H and O–H groups in total. The smallest absolute Gasteiger partial charge is 0.298 e. The van der Waals surface area contributed by atoms with Gasteiger partial charge in [-0.2, -0.15) is 4.98 Å². The Morgan fingerprint density at radius 1 is 1.16 bits per heavy atom. The predicted molar refractivity (Wildman–Crippen MR) is 77.6 cm³/mol. The van der Waals surface area contributed by atoms with Crippen LogP contribution in [0.25, 0.3) is 11.1 Å². The van der Waals surface area contributed by atoms with Crippen molar-refractivity contribution in [3.63, 3.8) is 0 Å². The predicted octanol–water partition coefficient (Wildman–Crippen LogP) is 2.75. The molecule has 0 saturated carbocycles. The molecule has 0 atom stereocenters. The third kappa shape index (κ3) is 2.73. The van der Waals surface area contributed by atoms with E-state index in [1.165, 1.54) is 19.4 Å². The summed E-state index contributed by atoms with van der Waals surface area (Å²) in [5.74, 6) is 0. The molecule has 0 unspecified atom stereocenters. The SMILES string of the molecule is CCCCN1CCN(c2nc3ccccc3o2)CC1. The van der Waals surface area contributed by atoms with Gasteiger partial charge in [0.2, 0.25) is 0 Å². The molecule has 2 aromatic rings. The van der Waals surface area contributed by atoms with Crippen molar-refractivity contribution in [3.8, 4) is 0 Å². The van der Waals surface area contributed by atoms with Crippen molar-refractivity contribution in [2.75, 3.05) is 37.6 Å². The fourth-order valence-electron chi connectivity index (χ4n) is 2.54. The van der Waals surface area contributed by atoms with Gasteiger partial charge in [-0.05, 0) is 25.1 Å². The van der Waals surface area contributed by atoms with Gasteiger partial charge < -0.3 is 9.32 Å². The van der Waals surface area contributed by atoms with Gasteiger partial charge in [0.25, 0.3) is 6.01 Å². The summed E-state index contributed by atoms with van der Waals surface area (Å²) in [6, 6.07) is 8.73. The van der Waals surface area contributed by atoms with E-state index < -0.39 is 0 Å². The second-order valence-corrected chi connectivity index (χ2v) is 5.15. The van der Waals surface area contributed by atoms with Crippen molar-refractivity contribution in [2.45, 2.75) is 19.8 Å². The van der Waals surface area contributed by atoms with E-state index in [4.69, 9.17) is 4.42 Å². The standard InChI is InChI=1S/C15H21N3O/c1-2-3-8-17-9-11-18(12-10-17)15-16-13-6-4-5-7-14(13)19-15/h4-7H,2-3,8-12H2,1H3. The fraction of sp³-hybridized carbons (Fsp3) is 0.533. The van der Waals surface area contributed by atoms with E-state index in [9.17, 15) is 0 Å². The maximum Gasteiger partial charge on any atom is 0.298 e. The van der Waals surface area contributed by atoms with Gasteiger partial charge in [0, 0.05) is 26.2 Å². The summed E-state index contributed by atoms with van der Waals surface area (Å²) in [5.41, 5.74) is 1.83. The molecule has 19 heavy (non-hydrogen) atoms. The summed E-state index contributed by atoms with van der Waals surface area (Å²) in [5, 5.41) is 0. The lowest BCUT2D eigenvalue weighted by molar-refractivity contribution is 0.250. The first-order valence-corrected chi connectivity index (χ1v) is 7.19. The highest BCUT2D eigenvalue weighted by atomic mass is 16.4. The lowest BCUT2D eigenvalue weighted by atomic mass is 10.2. The summed E-state index contributed by atoms with van der Waals surface area (Å²) in [7, 11) is 0. The van der Waals surface area contributed by atoms with Crippen LogP contribution in [-0.2, 0) is 0 Å². The highest BCUT2D eigenvalue weighted by Gasteiger charge is 2.20. The molecule has 0 aliphatic carbocycles. The molecule has 0 radical (unpaired) electrons. The molecule has 3 rings (SSSR count). The average molecular weight is 259 g/mol. The Hall–Kier alpha value is -1.55. The number of oxazole rings is 1. The number of rotatable bonds is 4. The van der Waals surface area contributed by atoms with Gasteiger partial charge >= 0.3 is 0 Å². The third-order valence-electron chi connectivity index (χ3n) is 3.75. The van der Waals surface area contributed by atoms with Crippen LogP contribution in [0, 0.1) is 0 Å². The van der Waals surface area contributed by atoms with Gasteiger partial charge in [0.05, 0.1) is 0 Å². The number of fused-ring (bicyclic) bond motifs is 1. The molecule has 0 amide bonds. The van der Waals surface area contributed by atoms with Crippen LogP contribution in [0.1, 0.15) is 19.8 Å². The lowest BCUT2D eigenvalue weighted by Crippen LogP contribution is -2.46. The zero-order chi connectivity index (χ0) is 13.1. The molecule has 1 aromatic carbocycles. The van der Waals surface area contributed by atoms with Crippen molar-refractivity contribution in [2.24, 2.45) is 0 Å². The van der Waals surface area contributed by atoms with E-state index in [2.05, 4.69) is 21.7 Å². The Kier molecular flexibility index (Phi) is 3.69. The molecule has 1 aromatic heterocycles. The highest BCUT2D eigenvalue weighted by molar-refractivity contribution is 5.74. The number of benzene rings is 1. The topological polar surface area (TPSA) is 32.5 Å². The number of para-hydroxylation sites is 2. The third-order valence-corrected chi connectivity index (χ3v) is 3.75. The highest BCUT2D eigenvalue weighted by Crippen LogP contribution is 2.22. The van der Waals surface area contributed by atoms with E-state index in [0.717, 1.165) is 43.3 Å². The molecule has 0 bridgehead atoms. The zero-order valence-corrected chi connectivity index (χ0v) is 11.5. The minimum Gasteiger partial charge on any atom is -0.423 e. The van der Waals surface area contributed by atoms with Crippen LogP contribution in [0.5, 0.6) is 0 Å². The van der Waals surface area contributed by atoms with Crippen LogP contribution in [-0.4, -0.2) is 42.6 Å². The van der Waals surface area contributed by atoms with Crippen molar-refractivity contribution in [1.82, 2.24) is 9.88 Å². The Balaban J connectivity index is 1.64. The average Bonchev–Trinajstić information content (AvgIpc) is 2.89. The number of nitrogens with zero attached hydrogens (tertiary/aromatic N) is 3. The van der Waals surface area contributed by atoms with Crippen molar-refractivity contribution in [1.29, 1.82) is 0 Å². The molecule has 0 spiro atoms. The number of unbranched alkanes of at least 4 members (excludes halogenated alkanes) is 1. The minimum atomic E-state index is 0.774. The van der Waals surface area contributed by atoms with E-state index in [-0.39, 0.29) is 0 Å². The minimum absolute atomic E-state index is 0.774. The van der Waals surface area contributed by atoms with Crippen molar-refractivity contribution >= 4 is 17.1 Å². The summed E-state index contributed by atoms with van der Waals surface area (Å²) in [6.07, 6.45) is 2.56. The zero-order valence-electron chi connectivity index (χ0n) is 11.5. The number of hydrogen-bond donors (Lipinski definition) is 0. The van der Waals surface area contributed by atoms with Gasteiger partial charge in [-0.3, -0.25) is 4.90 Å². The van der Waals surface area contributed by atoms with E-state index in [0.29, 0.717) is 0 Å². The maximum absolute atomic E-state index is 5.82. The first-order valence-electron chi connectivity index (χ1n) is 7.19. The number of hydrogen-bond acceptors (Lipinski definition) is 4. The van der Waals surface area contributed by atoms with Gasteiger partial charge in [-0.25, -0.2) is 0 Å². The molecule has 102 valence electrons. The largest absolute Gasteiger partial charge is 0.423 e. The van der Waals surface area contributed by atoms with Crippen LogP contribution in [0.3, 0.4) is 0 Å². The Morgan fingerprint density at radius 3 is 2.68 bits per heavy atom. The molecule has 1 aliphatic rings. The quantitative estimate of drug-likeness (QED) is 0.845. The summed E-state index contributed by atoms with van der Waals surface area (Å²) in [4.78, 5) is 9.35. The molecule has 2 heterocycles. The van der Waals surface area contributed by atoms with E-state index in [1.807, 2.05) is 24.3 Å². The van der Waals surface area contributed by atoms with Crippen LogP contribution in [0.2, 0.25) is 0 Å². The summed E-state index contributed by atoms with van der Waals surface area (Å²) in [6.45, 7) is 7.71. The van der Waals surface area contributed by atoms with E-state index >= 15 is 0 Å². The van der Waals surface area contributed by atoms with Gasteiger partial charge in [0.1, 0.15) is 5.52 Å². The molecule has 1 fully saturated rings. The monoisotopic (exact) mass is 259 g/mol. The molecular weight excluding hydrogens is 238 g/mol. The van der Waals surface area contributed by atoms with Gasteiger partial charge in [0.15, 0.2) is 5.58 Å². The second-order valence-electron chi connectivity index (χ2n) is 5.15. The van der Waals surface area contributed by atoms with Gasteiger partial charge in [-0.15, -0.1) is 0 Å². The van der Waals surface area contributed by atoms with E-state index in [1.54, 1.807) is 0 Å². The first kappa shape index (κ1) is 12.5. The first-order chi connectivity index (χ1) is 9.36. The normalized spacial score (nSPS) is 17.2. The van der Waals surface area contributed by atoms with Crippen molar-refractivity contribution < 1.29 is 4.42 Å². The summed E-state index contributed by atoms with van der Waals surface area (Å²) < 4.78 is 5.82. The Bertz CT molecular complexity index is 496. The number of anilines is 1. The second kappa shape index (κ2) is 5.61. The molecule has 1 saturated heterocycles. The van der Waals surface area contributed by atoms with Crippen LogP contribution < -0.4 is 4.90 Å². The fourth-order valence-corrected chi connectivity index (χ4v) is 2.54. The van der Waals surface area contributed by atoms with Gasteiger partial charge in [-0.1, -0.05) is 25.5 Å². The van der Waals surface area contributed by atoms with Crippen LogP contribution in [0.4, 0.5) is 6.01 Å². The molecule has 4 heteroatoms.